The van der Waals surface area contributed by atoms with E-state index in [2.05, 4.69) is 24.0 Å². The Labute approximate surface area is 190 Å². The topological polar surface area (TPSA) is 79.5 Å². The maximum absolute atomic E-state index is 13.0. The van der Waals surface area contributed by atoms with E-state index in [1.54, 1.807) is 11.0 Å². The van der Waals surface area contributed by atoms with Crippen LogP contribution in [0.4, 0.5) is 49.4 Å². The fourth-order valence-corrected chi connectivity index (χ4v) is 2.97. The minimum atomic E-state index is -5.02. The monoisotopic (exact) mass is 527 g/mol. The molecule has 0 aliphatic rings. The zero-order valence-corrected chi connectivity index (χ0v) is 18.3. The molecule has 0 N–H and O–H groups in total. The van der Waals surface area contributed by atoms with Crippen LogP contribution in [0.2, 0.25) is 0 Å². The van der Waals surface area contributed by atoms with Crippen molar-refractivity contribution < 1.29 is 51.6 Å². The fraction of sp³-hybridized carbons (Fsp3) is 0.353. The molecule has 0 bridgehead atoms. The average molecular weight is 528 g/mol. The molecule has 0 aliphatic carbocycles. The summed E-state index contributed by atoms with van der Waals surface area (Å²) in [6, 6.07) is 5.75. The Balaban J connectivity index is 0.00000512. The standard InChI is InChI=1S/C17H17F6N5O2S.Ni/c1-3-28(4-2)12-6-7-13(14(9-12)27-31(29,30-23)16(18)19)25-26-15-8-5-11(10-24-15)17(20,21)22;/h5-10,16H,3-4H2,1-2H3;/q;+2. The third-order valence-corrected chi connectivity index (χ3v) is 5.05. The van der Waals surface area contributed by atoms with Crippen molar-refractivity contribution in [3.63, 3.8) is 0 Å². The Kier molecular flexibility index (Phi) is 10.0. The van der Waals surface area contributed by atoms with E-state index in [4.69, 9.17) is 0 Å². The Bertz CT molecular complexity index is 1040. The molecule has 178 valence electrons. The van der Waals surface area contributed by atoms with E-state index in [1.807, 2.05) is 13.8 Å². The summed E-state index contributed by atoms with van der Waals surface area (Å²) >= 11 is 0. The Morgan fingerprint density at radius 3 is 2.22 bits per heavy atom. The first-order valence-corrected chi connectivity index (χ1v) is 10.2. The summed E-state index contributed by atoms with van der Waals surface area (Å²) in [5, 5.41) is 7.35. The van der Waals surface area contributed by atoms with Gasteiger partial charge in [-0.25, -0.2) is 9.19 Å². The van der Waals surface area contributed by atoms with Gasteiger partial charge in [-0.1, -0.05) is 4.39 Å². The quantitative estimate of drug-likeness (QED) is 0.223. The van der Waals surface area contributed by atoms with Gasteiger partial charge in [0.05, 0.1) is 5.56 Å². The molecule has 0 spiro atoms. The smallest absolute Gasteiger partial charge is 0.372 e. The van der Waals surface area contributed by atoms with E-state index in [-0.39, 0.29) is 28.0 Å². The summed E-state index contributed by atoms with van der Waals surface area (Å²) in [6.07, 6.45) is -4.04. The average Bonchev–Trinajstić information content (AvgIpc) is 2.73. The van der Waals surface area contributed by atoms with Gasteiger partial charge in [-0.3, -0.25) is 0 Å². The number of nitrogens with zero attached hydrogens (tertiary/aromatic N) is 5. The number of aromatic nitrogens is 1. The number of azo groups is 1. The van der Waals surface area contributed by atoms with E-state index in [0.717, 1.165) is 12.1 Å². The molecule has 15 heteroatoms. The van der Waals surface area contributed by atoms with Crippen molar-refractivity contribution >= 4 is 32.9 Å². The van der Waals surface area contributed by atoms with E-state index >= 15 is 0 Å². The first-order valence-electron chi connectivity index (χ1n) is 8.72. The molecule has 0 fully saturated rings. The van der Waals surface area contributed by atoms with E-state index in [1.165, 1.54) is 12.1 Å². The summed E-state index contributed by atoms with van der Waals surface area (Å²) in [4.78, 5) is 5.30. The van der Waals surface area contributed by atoms with Crippen LogP contribution in [0.3, 0.4) is 0 Å². The molecule has 0 radical (unpaired) electrons. The summed E-state index contributed by atoms with van der Waals surface area (Å²) in [5.41, 5.74) is -1.13. The largest absolute Gasteiger partial charge is 2.00 e. The second-order valence-corrected chi connectivity index (χ2v) is 7.57. The maximum atomic E-state index is 13.0. The van der Waals surface area contributed by atoms with Crippen LogP contribution in [-0.2, 0) is 37.1 Å². The molecule has 7 nitrogen and oxygen atoms in total. The predicted molar refractivity (Wildman–Crippen MR) is 102 cm³/mol. The van der Waals surface area contributed by atoms with E-state index < -0.39 is 33.2 Å². The first kappa shape index (κ1) is 27.8. The molecule has 2 aromatic rings. The molecule has 1 aromatic heterocycles. The SMILES string of the molecule is CCN(CC)c1ccc(N=Nc2ccc(C(F)(F)F)cn2)c(N=S(=O)(OF)C(F)F)c1.[Ni+2]. The minimum absolute atomic E-state index is 0. The molecule has 32 heavy (non-hydrogen) atoms. The number of rotatable bonds is 8. The van der Waals surface area contributed by atoms with Gasteiger partial charge in [0.15, 0.2) is 5.82 Å². The molecular formula is C17H17F6N5NiO2S+2. The van der Waals surface area contributed by atoms with Gasteiger partial charge < -0.3 is 4.90 Å². The van der Waals surface area contributed by atoms with Gasteiger partial charge in [-0.2, -0.15) is 26.3 Å². The van der Waals surface area contributed by atoms with Gasteiger partial charge in [0.1, 0.15) is 11.4 Å². The normalized spacial score (nSPS) is 13.7. The van der Waals surface area contributed by atoms with Gasteiger partial charge in [-0.05, 0) is 48.7 Å². The van der Waals surface area contributed by atoms with Crippen molar-refractivity contribution in [3.05, 3.63) is 42.1 Å². The van der Waals surface area contributed by atoms with Crippen LogP contribution in [0.15, 0.2) is 51.1 Å². The number of alkyl halides is 5. The molecule has 1 atom stereocenters. The van der Waals surface area contributed by atoms with E-state index in [0.29, 0.717) is 25.0 Å². The maximum Gasteiger partial charge on any atom is 2.00 e. The van der Waals surface area contributed by atoms with Crippen LogP contribution < -0.4 is 4.90 Å². The minimum Gasteiger partial charge on any atom is -0.372 e. The van der Waals surface area contributed by atoms with Crippen LogP contribution in [0.1, 0.15) is 19.4 Å². The van der Waals surface area contributed by atoms with Crippen LogP contribution >= 0.6 is 0 Å². The number of anilines is 1. The third kappa shape index (κ3) is 6.87. The van der Waals surface area contributed by atoms with Gasteiger partial charge >= 0.3 is 28.4 Å². The van der Waals surface area contributed by atoms with Crippen LogP contribution in [0.5, 0.6) is 0 Å². The molecular weight excluding hydrogens is 511 g/mol. The van der Waals surface area contributed by atoms with Crippen LogP contribution in [0.25, 0.3) is 0 Å². The van der Waals surface area contributed by atoms with Crippen molar-refractivity contribution in [2.24, 2.45) is 14.6 Å². The van der Waals surface area contributed by atoms with Crippen molar-refractivity contribution in [1.29, 1.82) is 0 Å². The van der Waals surface area contributed by atoms with Gasteiger partial charge in [0.2, 0.25) is 0 Å². The summed E-state index contributed by atoms with van der Waals surface area (Å²) < 4.78 is 94.3. The molecule has 0 aliphatic heterocycles. The zero-order valence-electron chi connectivity index (χ0n) is 16.5. The second kappa shape index (κ2) is 11.6. The number of hydrogen-bond acceptors (Lipinski definition) is 7. The summed E-state index contributed by atoms with van der Waals surface area (Å²) in [7, 11) is -5.02. The van der Waals surface area contributed by atoms with Gasteiger partial charge in [-0.15, -0.1) is 10.2 Å². The molecule has 1 unspecified atom stereocenters. The molecule has 2 rings (SSSR count). The fourth-order valence-electron chi connectivity index (χ4n) is 2.39. The number of benzene rings is 1. The number of hydrogen-bond donors (Lipinski definition) is 0. The van der Waals surface area contributed by atoms with Gasteiger partial charge in [0.25, 0.3) is 10.0 Å². The zero-order chi connectivity index (χ0) is 23.2. The second-order valence-electron chi connectivity index (χ2n) is 5.88. The number of halogens is 6. The molecule has 1 aromatic carbocycles. The molecule has 0 saturated heterocycles. The van der Waals surface area contributed by atoms with Crippen LogP contribution in [-0.4, -0.2) is 28.0 Å². The Morgan fingerprint density at radius 2 is 1.75 bits per heavy atom. The summed E-state index contributed by atoms with van der Waals surface area (Å²) in [5.74, 6) is -3.97. The first-order chi connectivity index (χ1) is 14.5. The molecule has 1 heterocycles. The Morgan fingerprint density at radius 1 is 1.09 bits per heavy atom. The molecule has 0 amide bonds. The van der Waals surface area contributed by atoms with E-state index in [9.17, 15) is 30.7 Å². The number of pyridine rings is 1. The Hall–Kier alpha value is -2.25. The predicted octanol–water partition coefficient (Wildman–Crippen LogP) is 6.50. The summed E-state index contributed by atoms with van der Waals surface area (Å²) in [6.45, 7) is 4.74. The van der Waals surface area contributed by atoms with Crippen molar-refractivity contribution in [2.75, 3.05) is 18.0 Å². The van der Waals surface area contributed by atoms with Crippen LogP contribution in [0, 0.1) is 0 Å². The van der Waals surface area contributed by atoms with Gasteiger partial charge in [0, 0.05) is 25.0 Å². The van der Waals surface area contributed by atoms with Crippen molar-refractivity contribution in [3.8, 4) is 0 Å². The van der Waals surface area contributed by atoms with Crippen molar-refractivity contribution in [2.45, 2.75) is 25.8 Å². The third-order valence-electron chi connectivity index (χ3n) is 3.96. The van der Waals surface area contributed by atoms with Crippen molar-refractivity contribution in [1.82, 2.24) is 4.98 Å². The molecule has 0 saturated carbocycles.